The maximum atomic E-state index is 5.84. The number of unbranched alkanes of at least 4 members (excludes halogenated alkanes) is 1. The van der Waals surface area contributed by atoms with Crippen LogP contribution in [0.25, 0.3) is 0 Å². The molecule has 1 aromatic carbocycles. The minimum atomic E-state index is 0.632. The SMILES string of the molecule is CCCCC(C)NCCc1ccc(Cl)cc1. The fraction of sp³-hybridized carbons (Fsp3) is 0.571. The lowest BCUT2D eigenvalue weighted by Gasteiger charge is -2.13. The molecule has 1 atom stereocenters. The van der Waals surface area contributed by atoms with Crippen molar-refractivity contribution in [3.05, 3.63) is 34.9 Å². The summed E-state index contributed by atoms with van der Waals surface area (Å²) in [6.07, 6.45) is 4.95. The van der Waals surface area contributed by atoms with E-state index in [0.29, 0.717) is 6.04 Å². The number of hydrogen-bond acceptors (Lipinski definition) is 1. The van der Waals surface area contributed by atoms with Crippen LogP contribution in [0.3, 0.4) is 0 Å². The van der Waals surface area contributed by atoms with E-state index in [9.17, 15) is 0 Å². The van der Waals surface area contributed by atoms with Crippen molar-refractivity contribution in [1.82, 2.24) is 5.32 Å². The van der Waals surface area contributed by atoms with Crippen molar-refractivity contribution in [3.8, 4) is 0 Å². The first-order valence-corrected chi connectivity index (χ1v) is 6.58. The van der Waals surface area contributed by atoms with Crippen molar-refractivity contribution in [1.29, 1.82) is 0 Å². The molecule has 0 aliphatic carbocycles. The Morgan fingerprint density at radius 3 is 2.56 bits per heavy atom. The van der Waals surface area contributed by atoms with Crippen molar-refractivity contribution >= 4 is 11.6 Å². The summed E-state index contributed by atoms with van der Waals surface area (Å²) in [5.74, 6) is 0. The number of rotatable bonds is 7. The Bertz CT molecular complexity index is 281. The summed E-state index contributed by atoms with van der Waals surface area (Å²) in [4.78, 5) is 0. The molecule has 0 saturated heterocycles. The molecule has 0 amide bonds. The predicted molar refractivity (Wildman–Crippen MR) is 72.1 cm³/mol. The highest BCUT2D eigenvalue weighted by molar-refractivity contribution is 6.30. The van der Waals surface area contributed by atoms with Gasteiger partial charge in [0, 0.05) is 11.1 Å². The largest absolute Gasteiger partial charge is 0.314 e. The normalized spacial score (nSPS) is 12.7. The van der Waals surface area contributed by atoms with Crippen molar-refractivity contribution in [3.63, 3.8) is 0 Å². The highest BCUT2D eigenvalue weighted by Gasteiger charge is 2.00. The van der Waals surface area contributed by atoms with E-state index in [1.807, 2.05) is 12.1 Å². The molecule has 0 aromatic heterocycles. The van der Waals surface area contributed by atoms with Gasteiger partial charge in [0.25, 0.3) is 0 Å². The molecule has 90 valence electrons. The zero-order chi connectivity index (χ0) is 11.8. The summed E-state index contributed by atoms with van der Waals surface area (Å²) in [6, 6.07) is 8.74. The third-order valence-electron chi connectivity index (χ3n) is 2.81. The van der Waals surface area contributed by atoms with Crippen molar-refractivity contribution in [2.45, 2.75) is 45.6 Å². The van der Waals surface area contributed by atoms with Gasteiger partial charge in [0.15, 0.2) is 0 Å². The van der Waals surface area contributed by atoms with E-state index in [1.165, 1.54) is 24.8 Å². The zero-order valence-corrected chi connectivity index (χ0v) is 11.1. The van der Waals surface area contributed by atoms with Crippen LogP contribution in [0.1, 0.15) is 38.7 Å². The van der Waals surface area contributed by atoms with Crippen molar-refractivity contribution in [2.24, 2.45) is 0 Å². The summed E-state index contributed by atoms with van der Waals surface area (Å²) >= 11 is 5.84. The molecule has 0 heterocycles. The molecule has 1 N–H and O–H groups in total. The molecular weight excluding hydrogens is 218 g/mol. The summed E-state index contributed by atoms with van der Waals surface area (Å²) in [6.45, 7) is 5.55. The standard InChI is InChI=1S/C14H22ClN/c1-3-4-5-12(2)16-11-10-13-6-8-14(15)9-7-13/h6-9,12,16H,3-5,10-11H2,1-2H3. The van der Waals surface area contributed by atoms with Gasteiger partial charge >= 0.3 is 0 Å². The maximum absolute atomic E-state index is 5.84. The van der Waals surface area contributed by atoms with Crippen LogP contribution in [0.5, 0.6) is 0 Å². The van der Waals surface area contributed by atoms with Crippen LogP contribution in [-0.2, 0) is 6.42 Å². The second kappa shape index (κ2) is 7.70. The molecule has 0 spiro atoms. The van der Waals surface area contributed by atoms with Gasteiger partial charge in [-0.25, -0.2) is 0 Å². The minimum Gasteiger partial charge on any atom is -0.314 e. The van der Waals surface area contributed by atoms with Crippen LogP contribution >= 0.6 is 11.6 Å². The monoisotopic (exact) mass is 239 g/mol. The van der Waals surface area contributed by atoms with Crippen LogP contribution in [0, 0.1) is 0 Å². The highest BCUT2D eigenvalue weighted by Crippen LogP contribution is 2.09. The average Bonchev–Trinajstić information content (AvgIpc) is 2.29. The third-order valence-corrected chi connectivity index (χ3v) is 3.06. The Labute approximate surface area is 104 Å². The lowest BCUT2D eigenvalue weighted by molar-refractivity contribution is 0.498. The van der Waals surface area contributed by atoms with E-state index in [-0.39, 0.29) is 0 Å². The van der Waals surface area contributed by atoms with E-state index in [0.717, 1.165) is 18.0 Å². The van der Waals surface area contributed by atoms with Gasteiger partial charge in [0.05, 0.1) is 0 Å². The van der Waals surface area contributed by atoms with Gasteiger partial charge in [-0.3, -0.25) is 0 Å². The summed E-state index contributed by atoms with van der Waals surface area (Å²) in [5.41, 5.74) is 1.35. The first-order valence-electron chi connectivity index (χ1n) is 6.20. The fourth-order valence-corrected chi connectivity index (χ4v) is 1.85. The Hall–Kier alpha value is -0.530. The molecule has 1 nitrogen and oxygen atoms in total. The molecule has 1 aromatic rings. The smallest absolute Gasteiger partial charge is 0.0406 e. The van der Waals surface area contributed by atoms with Gasteiger partial charge in [-0.15, -0.1) is 0 Å². The van der Waals surface area contributed by atoms with Gasteiger partial charge in [-0.2, -0.15) is 0 Å². The number of halogens is 1. The lowest BCUT2D eigenvalue weighted by atomic mass is 10.1. The van der Waals surface area contributed by atoms with E-state index >= 15 is 0 Å². The topological polar surface area (TPSA) is 12.0 Å². The third kappa shape index (κ3) is 5.53. The minimum absolute atomic E-state index is 0.632. The molecule has 0 saturated carbocycles. The summed E-state index contributed by atoms with van der Waals surface area (Å²) in [7, 11) is 0. The Morgan fingerprint density at radius 2 is 1.94 bits per heavy atom. The molecule has 0 aliphatic rings. The summed E-state index contributed by atoms with van der Waals surface area (Å²) in [5, 5.41) is 4.36. The number of hydrogen-bond donors (Lipinski definition) is 1. The van der Waals surface area contributed by atoms with Crippen LogP contribution in [0.15, 0.2) is 24.3 Å². The molecule has 0 fully saturated rings. The molecule has 16 heavy (non-hydrogen) atoms. The van der Waals surface area contributed by atoms with Crippen LogP contribution in [-0.4, -0.2) is 12.6 Å². The number of benzene rings is 1. The lowest BCUT2D eigenvalue weighted by Crippen LogP contribution is -2.27. The molecule has 0 radical (unpaired) electrons. The van der Waals surface area contributed by atoms with Crippen LogP contribution < -0.4 is 5.32 Å². The van der Waals surface area contributed by atoms with Crippen molar-refractivity contribution < 1.29 is 0 Å². The summed E-state index contributed by atoms with van der Waals surface area (Å²) < 4.78 is 0. The maximum Gasteiger partial charge on any atom is 0.0406 e. The van der Waals surface area contributed by atoms with Gasteiger partial charge in [-0.1, -0.05) is 43.5 Å². The quantitative estimate of drug-likeness (QED) is 0.757. The second-order valence-electron chi connectivity index (χ2n) is 4.37. The van der Waals surface area contributed by atoms with Gasteiger partial charge in [0.1, 0.15) is 0 Å². The molecule has 0 aliphatic heterocycles. The van der Waals surface area contributed by atoms with Crippen LogP contribution in [0.2, 0.25) is 5.02 Å². The fourth-order valence-electron chi connectivity index (χ4n) is 1.73. The predicted octanol–water partition coefficient (Wildman–Crippen LogP) is 4.05. The van der Waals surface area contributed by atoms with Crippen LogP contribution in [0.4, 0.5) is 0 Å². The van der Waals surface area contributed by atoms with Gasteiger partial charge in [0.2, 0.25) is 0 Å². The highest BCUT2D eigenvalue weighted by atomic mass is 35.5. The number of nitrogens with one attached hydrogen (secondary N) is 1. The van der Waals surface area contributed by atoms with E-state index in [1.54, 1.807) is 0 Å². The van der Waals surface area contributed by atoms with E-state index in [2.05, 4.69) is 31.3 Å². The Morgan fingerprint density at radius 1 is 1.25 bits per heavy atom. The molecule has 2 heteroatoms. The zero-order valence-electron chi connectivity index (χ0n) is 10.3. The first kappa shape index (κ1) is 13.5. The van der Waals surface area contributed by atoms with Crippen molar-refractivity contribution in [2.75, 3.05) is 6.54 Å². The van der Waals surface area contributed by atoms with E-state index in [4.69, 9.17) is 11.6 Å². The second-order valence-corrected chi connectivity index (χ2v) is 4.81. The molecular formula is C14H22ClN. The van der Waals surface area contributed by atoms with Gasteiger partial charge < -0.3 is 5.32 Å². The average molecular weight is 240 g/mol. The Kier molecular flexibility index (Phi) is 6.51. The molecule has 1 unspecified atom stereocenters. The first-order chi connectivity index (χ1) is 7.72. The van der Waals surface area contributed by atoms with Gasteiger partial charge in [-0.05, 0) is 44.0 Å². The molecule has 1 rings (SSSR count). The van der Waals surface area contributed by atoms with E-state index < -0.39 is 0 Å². The Balaban J connectivity index is 2.17. The molecule has 0 bridgehead atoms.